The number of carboxylic acid groups (broad SMARTS) is 1. The third-order valence-electron chi connectivity index (χ3n) is 2.57. The standard InChI is InChI=1S/C13H18N2O5/c1-2-7-20-8-3-6-14-11-5-4-10(13(16)17)9-12(11)15(18)19/h4-5,9,14H,2-3,6-8H2,1H3,(H,16,17). The largest absolute Gasteiger partial charge is 0.478 e. The molecule has 0 saturated carbocycles. The molecule has 110 valence electrons. The summed E-state index contributed by atoms with van der Waals surface area (Å²) in [6.07, 6.45) is 1.67. The maximum atomic E-state index is 10.9. The number of nitrogens with one attached hydrogen (secondary N) is 1. The molecule has 0 amide bonds. The fraction of sp³-hybridized carbons (Fsp3) is 0.462. The predicted octanol–water partition coefficient (Wildman–Crippen LogP) is 2.52. The topological polar surface area (TPSA) is 102 Å². The molecule has 7 heteroatoms. The van der Waals surface area contributed by atoms with Crippen LogP contribution in [0.15, 0.2) is 18.2 Å². The maximum absolute atomic E-state index is 10.9. The fourth-order valence-electron chi connectivity index (χ4n) is 1.61. The van der Waals surface area contributed by atoms with Crippen LogP contribution in [0.2, 0.25) is 0 Å². The van der Waals surface area contributed by atoms with Crippen molar-refractivity contribution >= 4 is 17.3 Å². The number of ether oxygens (including phenoxy) is 1. The number of rotatable bonds is 9. The molecule has 0 atom stereocenters. The summed E-state index contributed by atoms with van der Waals surface area (Å²) in [5.41, 5.74) is -0.0246. The number of benzene rings is 1. The molecule has 0 unspecified atom stereocenters. The van der Waals surface area contributed by atoms with E-state index in [1.807, 2.05) is 6.92 Å². The van der Waals surface area contributed by atoms with E-state index in [1.54, 1.807) is 0 Å². The first kappa shape index (κ1) is 15.9. The molecule has 0 spiro atoms. The third kappa shape index (κ3) is 4.85. The van der Waals surface area contributed by atoms with Crippen LogP contribution in [0.3, 0.4) is 0 Å². The summed E-state index contributed by atoms with van der Waals surface area (Å²) in [4.78, 5) is 21.1. The summed E-state index contributed by atoms with van der Waals surface area (Å²) in [7, 11) is 0. The SMILES string of the molecule is CCCOCCCNc1ccc(C(=O)O)cc1[N+](=O)[O-]. The molecule has 20 heavy (non-hydrogen) atoms. The third-order valence-corrected chi connectivity index (χ3v) is 2.57. The van der Waals surface area contributed by atoms with E-state index in [2.05, 4.69) is 5.32 Å². The van der Waals surface area contributed by atoms with E-state index < -0.39 is 10.9 Å². The second-order valence-electron chi connectivity index (χ2n) is 4.19. The second kappa shape index (κ2) is 8.11. The van der Waals surface area contributed by atoms with E-state index in [4.69, 9.17) is 9.84 Å². The zero-order valence-electron chi connectivity index (χ0n) is 11.3. The molecule has 1 aromatic carbocycles. The van der Waals surface area contributed by atoms with Gasteiger partial charge in [0, 0.05) is 25.8 Å². The Balaban J connectivity index is 2.60. The van der Waals surface area contributed by atoms with Gasteiger partial charge in [-0.3, -0.25) is 10.1 Å². The van der Waals surface area contributed by atoms with Crippen LogP contribution in [0.25, 0.3) is 0 Å². The fourth-order valence-corrected chi connectivity index (χ4v) is 1.61. The highest BCUT2D eigenvalue weighted by molar-refractivity contribution is 5.89. The van der Waals surface area contributed by atoms with Crippen LogP contribution in [-0.2, 0) is 4.74 Å². The molecule has 0 radical (unpaired) electrons. The molecule has 1 aromatic rings. The average molecular weight is 282 g/mol. The minimum atomic E-state index is -1.19. The molecule has 0 aromatic heterocycles. The minimum absolute atomic E-state index is 0.103. The molecule has 0 fully saturated rings. The van der Waals surface area contributed by atoms with Crippen LogP contribution in [0.1, 0.15) is 30.1 Å². The highest BCUT2D eigenvalue weighted by Gasteiger charge is 2.16. The van der Waals surface area contributed by atoms with Gasteiger partial charge in [0.1, 0.15) is 5.69 Å². The zero-order chi connectivity index (χ0) is 15.0. The average Bonchev–Trinajstić information content (AvgIpc) is 2.42. The first-order chi connectivity index (χ1) is 9.56. The van der Waals surface area contributed by atoms with Gasteiger partial charge < -0.3 is 15.2 Å². The number of nitrogens with zero attached hydrogens (tertiary/aromatic N) is 1. The summed E-state index contributed by atoms with van der Waals surface area (Å²) in [5.74, 6) is -1.19. The molecule has 0 saturated heterocycles. The molecule has 7 nitrogen and oxygen atoms in total. The van der Waals surface area contributed by atoms with Gasteiger partial charge in [-0.1, -0.05) is 6.92 Å². The highest BCUT2D eigenvalue weighted by atomic mass is 16.6. The molecule has 0 aliphatic carbocycles. The predicted molar refractivity (Wildman–Crippen MR) is 74.3 cm³/mol. The van der Waals surface area contributed by atoms with Gasteiger partial charge in [0.15, 0.2) is 0 Å². The number of hydrogen-bond acceptors (Lipinski definition) is 5. The quantitative estimate of drug-likeness (QED) is 0.410. The first-order valence-electron chi connectivity index (χ1n) is 6.39. The van der Waals surface area contributed by atoms with E-state index in [-0.39, 0.29) is 11.3 Å². The molecular weight excluding hydrogens is 264 g/mol. The van der Waals surface area contributed by atoms with Crippen molar-refractivity contribution in [1.82, 2.24) is 0 Å². The van der Waals surface area contributed by atoms with Crippen molar-refractivity contribution in [2.45, 2.75) is 19.8 Å². The molecule has 0 bridgehead atoms. The van der Waals surface area contributed by atoms with Crippen molar-refractivity contribution in [3.63, 3.8) is 0 Å². The number of nitro groups is 1. The van der Waals surface area contributed by atoms with Crippen molar-refractivity contribution in [3.8, 4) is 0 Å². The summed E-state index contributed by atoms with van der Waals surface area (Å²) in [6.45, 7) is 3.83. The number of nitro benzene ring substituents is 1. The maximum Gasteiger partial charge on any atom is 0.335 e. The number of carbonyl (C=O) groups is 1. The Hall–Kier alpha value is -2.15. The van der Waals surface area contributed by atoms with Crippen LogP contribution in [0, 0.1) is 10.1 Å². The van der Waals surface area contributed by atoms with Crippen molar-refractivity contribution in [3.05, 3.63) is 33.9 Å². The Morgan fingerprint density at radius 2 is 2.20 bits per heavy atom. The Morgan fingerprint density at radius 1 is 1.45 bits per heavy atom. The minimum Gasteiger partial charge on any atom is -0.478 e. The Morgan fingerprint density at radius 3 is 2.80 bits per heavy atom. The smallest absolute Gasteiger partial charge is 0.335 e. The Bertz CT molecular complexity index is 476. The van der Waals surface area contributed by atoms with E-state index in [9.17, 15) is 14.9 Å². The normalized spacial score (nSPS) is 10.2. The number of carboxylic acids is 1. The van der Waals surface area contributed by atoms with E-state index in [1.165, 1.54) is 12.1 Å². The van der Waals surface area contributed by atoms with Gasteiger partial charge in [-0.2, -0.15) is 0 Å². The summed E-state index contributed by atoms with van der Waals surface area (Å²) < 4.78 is 5.30. The van der Waals surface area contributed by atoms with E-state index in [0.717, 1.165) is 18.9 Å². The molecule has 0 aliphatic rings. The number of aromatic carboxylic acids is 1. The van der Waals surface area contributed by atoms with Crippen LogP contribution in [-0.4, -0.2) is 35.8 Å². The number of anilines is 1. The lowest BCUT2D eigenvalue weighted by Gasteiger charge is -2.08. The molecule has 1 rings (SSSR count). The highest BCUT2D eigenvalue weighted by Crippen LogP contribution is 2.25. The molecule has 0 aliphatic heterocycles. The van der Waals surface area contributed by atoms with Crippen LogP contribution >= 0.6 is 0 Å². The lowest BCUT2D eigenvalue weighted by atomic mass is 10.1. The summed E-state index contributed by atoms with van der Waals surface area (Å²) in [5, 5.41) is 22.7. The number of hydrogen-bond donors (Lipinski definition) is 2. The second-order valence-corrected chi connectivity index (χ2v) is 4.19. The van der Waals surface area contributed by atoms with Gasteiger partial charge in [0.05, 0.1) is 10.5 Å². The van der Waals surface area contributed by atoms with Gasteiger partial charge in [-0.05, 0) is 25.0 Å². The molecule has 0 heterocycles. The van der Waals surface area contributed by atoms with Crippen LogP contribution < -0.4 is 5.32 Å². The van der Waals surface area contributed by atoms with Crippen molar-refractivity contribution in [2.75, 3.05) is 25.1 Å². The van der Waals surface area contributed by atoms with Crippen molar-refractivity contribution < 1.29 is 19.6 Å². The lowest BCUT2D eigenvalue weighted by Crippen LogP contribution is -2.08. The van der Waals surface area contributed by atoms with Crippen LogP contribution in [0.4, 0.5) is 11.4 Å². The van der Waals surface area contributed by atoms with Crippen molar-refractivity contribution in [1.29, 1.82) is 0 Å². The van der Waals surface area contributed by atoms with Gasteiger partial charge in [0.2, 0.25) is 0 Å². The van der Waals surface area contributed by atoms with Crippen molar-refractivity contribution in [2.24, 2.45) is 0 Å². The zero-order valence-corrected chi connectivity index (χ0v) is 11.3. The van der Waals surface area contributed by atoms with E-state index in [0.29, 0.717) is 25.4 Å². The molecule has 2 N–H and O–H groups in total. The molecular formula is C13H18N2O5. The van der Waals surface area contributed by atoms with Gasteiger partial charge >= 0.3 is 5.97 Å². The van der Waals surface area contributed by atoms with Gasteiger partial charge in [-0.25, -0.2) is 4.79 Å². The Labute approximate surface area is 116 Å². The summed E-state index contributed by atoms with van der Waals surface area (Å²) in [6, 6.07) is 3.80. The van der Waals surface area contributed by atoms with Crippen LogP contribution in [0.5, 0.6) is 0 Å². The van der Waals surface area contributed by atoms with Gasteiger partial charge in [-0.15, -0.1) is 0 Å². The summed E-state index contributed by atoms with van der Waals surface area (Å²) >= 11 is 0. The first-order valence-corrected chi connectivity index (χ1v) is 6.39. The monoisotopic (exact) mass is 282 g/mol. The van der Waals surface area contributed by atoms with E-state index >= 15 is 0 Å². The van der Waals surface area contributed by atoms with Gasteiger partial charge in [0.25, 0.3) is 5.69 Å². The lowest BCUT2D eigenvalue weighted by molar-refractivity contribution is -0.384. The Kier molecular flexibility index (Phi) is 6.45.